The van der Waals surface area contributed by atoms with Crippen LogP contribution in [0, 0.1) is 13.8 Å². The lowest BCUT2D eigenvalue weighted by atomic mass is 9.99. The maximum atomic E-state index is 12.4. The number of carbonyl (C=O) groups is 1. The predicted molar refractivity (Wildman–Crippen MR) is 80.2 cm³/mol. The number of ketones is 1. The van der Waals surface area contributed by atoms with Crippen LogP contribution in [0.25, 0.3) is 0 Å². The Kier molecular flexibility index (Phi) is 3.83. The molecular formula is C15H13Cl2NO. The molecule has 2 nitrogen and oxygen atoms in total. The van der Waals surface area contributed by atoms with Gasteiger partial charge in [0.15, 0.2) is 5.78 Å². The van der Waals surface area contributed by atoms with E-state index < -0.39 is 0 Å². The highest BCUT2D eigenvalue weighted by molar-refractivity contribution is 6.39. The summed E-state index contributed by atoms with van der Waals surface area (Å²) in [6.45, 7) is 3.97. The Bertz CT molecular complexity index is 642. The van der Waals surface area contributed by atoms with Gasteiger partial charge in [-0.2, -0.15) is 0 Å². The van der Waals surface area contributed by atoms with Gasteiger partial charge in [-0.05, 0) is 43.2 Å². The van der Waals surface area contributed by atoms with E-state index in [1.807, 2.05) is 26.0 Å². The molecule has 0 radical (unpaired) electrons. The number of nitrogens with two attached hydrogens (primary N) is 1. The van der Waals surface area contributed by atoms with E-state index in [0.717, 1.165) is 11.1 Å². The predicted octanol–water partition coefficient (Wildman–Crippen LogP) is 4.42. The fourth-order valence-corrected chi connectivity index (χ4v) is 2.25. The fraction of sp³-hybridized carbons (Fsp3) is 0.133. The van der Waals surface area contributed by atoms with Crippen LogP contribution in [-0.4, -0.2) is 5.78 Å². The first kappa shape index (κ1) is 13.9. The van der Waals surface area contributed by atoms with Crippen molar-refractivity contribution in [1.82, 2.24) is 0 Å². The van der Waals surface area contributed by atoms with E-state index in [-0.39, 0.29) is 5.78 Å². The van der Waals surface area contributed by atoms with Crippen molar-refractivity contribution in [2.24, 2.45) is 0 Å². The zero-order valence-corrected chi connectivity index (χ0v) is 12.1. The van der Waals surface area contributed by atoms with Crippen molar-refractivity contribution in [2.45, 2.75) is 13.8 Å². The summed E-state index contributed by atoms with van der Waals surface area (Å²) >= 11 is 11.9. The largest absolute Gasteiger partial charge is 0.396 e. The minimum Gasteiger partial charge on any atom is -0.396 e. The van der Waals surface area contributed by atoms with Crippen molar-refractivity contribution in [3.63, 3.8) is 0 Å². The third-order valence-electron chi connectivity index (χ3n) is 3.11. The second-order valence-corrected chi connectivity index (χ2v) is 5.30. The molecule has 0 unspecified atom stereocenters. The van der Waals surface area contributed by atoms with Crippen molar-refractivity contribution in [1.29, 1.82) is 0 Å². The Morgan fingerprint density at radius 1 is 0.947 bits per heavy atom. The van der Waals surface area contributed by atoms with Crippen LogP contribution >= 0.6 is 23.2 Å². The van der Waals surface area contributed by atoms with Crippen LogP contribution in [0.4, 0.5) is 5.69 Å². The van der Waals surface area contributed by atoms with E-state index in [9.17, 15) is 4.79 Å². The van der Waals surface area contributed by atoms with Gasteiger partial charge in [-0.1, -0.05) is 35.3 Å². The smallest absolute Gasteiger partial charge is 0.193 e. The zero-order valence-electron chi connectivity index (χ0n) is 10.6. The van der Waals surface area contributed by atoms with E-state index >= 15 is 0 Å². The van der Waals surface area contributed by atoms with E-state index in [1.165, 1.54) is 0 Å². The van der Waals surface area contributed by atoms with Crippen molar-refractivity contribution in [2.75, 3.05) is 5.73 Å². The van der Waals surface area contributed by atoms with Crippen LogP contribution in [-0.2, 0) is 0 Å². The summed E-state index contributed by atoms with van der Waals surface area (Å²) < 4.78 is 0. The Morgan fingerprint density at radius 2 is 1.53 bits per heavy atom. The van der Waals surface area contributed by atoms with Gasteiger partial charge in [0.25, 0.3) is 0 Å². The minimum absolute atomic E-state index is 0.119. The average Bonchev–Trinajstić information content (AvgIpc) is 2.37. The average molecular weight is 294 g/mol. The van der Waals surface area contributed by atoms with Crippen LogP contribution in [0.1, 0.15) is 27.0 Å². The lowest BCUT2D eigenvalue weighted by Gasteiger charge is -2.07. The summed E-state index contributed by atoms with van der Waals surface area (Å²) in [7, 11) is 0. The molecule has 0 aliphatic rings. The highest BCUT2D eigenvalue weighted by atomic mass is 35.5. The molecule has 2 aromatic carbocycles. The molecule has 19 heavy (non-hydrogen) atoms. The summed E-state index contributed by atoms with van der Waals surface area (Å²) in [6.07, 6.45) is 0. The molecule has 0 aromatic heterocycles. The lowest BCUT2D eigenvalue weighted by molar-refractivity contribution is 0.103. The number of halogens is 2. The maximum Gasteiger partial charge on any atom is 0.193 e. The number of rotatable bonds is 2. The molecule has 0 aliphatic carbocycles. The summed E-state index contributed by atoms with van der Waals surface area (Å²) in [5.41, 5.74) is 9.21. The molecule has 0 atom stereocenters. The SMILES string of the molecule is Cc1ccc(C(=O)c2cc(Cl)c(N)c(Cl)c2)cc1C. The third-order valence-corrected chi connectivity index (χ3v) is 3.74. The molecule has 0 amide bonds. The summed E-state index contributed by atoms with van der Waals surface area (Å²) in [5.74, 6) is -0.119. The number of carbonyl (C=O) groups excluding carboxylic acids is 1. The summed E-state index contributed by atoms with van der Waals surface area (Å²) in [5, 5.41) is 0.583. The second-order valence-electron chi connectivity index (χ2n) is 4.48. The number of hydrogen-bond donors (Lipinski definition) is 1. The summed E-state index contributed by atoms with van der Waals surface area (Å²) in [4.78, 5) is 12.4. The van der Waals surface area contributed by atoms with Crippen molar-refractivity contribution >= 4 is 34.7 Å². The van der Waals surface area contributed by atoms with Crippen LogP contribution in [0.2, 0.25) is 10.0 Å². The quantitative estimate of drug-likeness (QED) is 0.658. The molecule has 0 saturated heterocycles. The van der Waals surface area contributed by atoms with Crippen LogP contribution in [0.5, 0.6) is 0 Å². The molecule has 0 heterocycles. The molecule has 2 N–H and O–H groups in total. The summed E-state index contributed by atoms with van der Waals surface area (Å²) in [6, 6.07) is 8.66. The van der Waals surface area contributed by atoms with Crippen LogP contribution in [0.3, 0.4) is 0 Å². The van der Waals surface area contributed by atoms with E-state index in [4.69, 9.17) is 28.9 Å². The van der Waals surface area contributed by atoms with E-state index in [0.29, 0.717) is 26.9 Å². The van der Waals surface area contributed by atoms with Gasteiger partial charge < -0.3 is 5.73 Å². The Hall–Kier alpha value is -1.51. The monoisotopic (exact) mass is 293 g/mol. The molecule has 0 fully saturated rings. The number of anilines is 1. The maximum absolute atomic E-state index is 12.4. The third kappa shape index (κ3) is 2.75. The molecule has 2 rings (SSSR count). The standard InChI is InChI=1S/C15H13Cl2NO/c1-8-3-4-10(5-9(8)2)15(19)11-6-12(16)14(18)13(17)7-11/h3-7H,18H2,1-2H3. The van der Waals surface area contributed by atoms with E-state index in [1.54, 1.807) is 18.2 Å². The first-order valence-electron chi connectivity index (χ1n) is 5.76. The van der Waals surface area contributed by atoms with Gasteiger partial charge in [0.05, 0.1) is 15.7 Å². The van der Waals surface area contributed by atoms with Gasteiger partial charge in [-0.15, -0.1) is 0 Å². The normalized spacial score (nSPS) is 10.5. The molecule has 0 aliphatic heterocycles. The molecule has 0 spiro atoms. The van der Waals surface area contributed by atoms with Gasteiger partial charge >= 0.3 is 0 Å². The van der Waals surface area contributed by atoms with Crippen molar-refractivity contribution < 1.29 is 4.79 Å². The first-order chi connectivity index (χ1) is 8.90. The Labute approximate surface area is 122 Å². The molecule has 98 valence electrons. The second kappa shape index (κ2) is 5.24. The van der Waals surface area contributed by atoms with Gasteiger partial charge in [0.1, 0.15) is 0 Å². The molecular weight excluding hydrogens is 281 g/mol. The highest BCUT2D eigenvalue weighted by Crippen LogP contribution is 2.29. The van der Waals surface area contributed by atoms with Gasteiger partial charge in [-0.25, -0.2) is 0 Å². The van der Waals surface area contributed by atoms with Crippen LogP contribution in [0.15, 0.2) is 30.3 Å². The first-order valence-corrected chi connectivity index (χ1v) is 6.52. The molecule has 0 saturated carbocycles. The number of aryl methyl sites for hydroxylation is 2. The number of nitrogen functional groups attached to an aromatic ring is 1. The van der Waals surface area contributed by atoms with Crippen molar-refractivity contribution in [3.05, 3.63) is 62.6 Å². The number of benzene rings is 2. The van der Waals surface area contributed by atoms with Gasteiger partial charge in [-0.3, -0.25) is 4.79 Å². The lowest BCUT2D eigenvalue weighted by Crippen LogP contribution is -2.03. The van der Waals surface area contributed by atoms with Gasteiger partial charge in [0.2, 0.25) is 0 Å². The zero-order chi connectivity index (χ0) is 14.2. The minimum atomic E-state index is -0.119. The number of hydrogen-bond acceptors (Lipinski definition) is 2. The topological polar surface area (TPSA) is 43.1 Å². The molecule has 0 bridgehead atoms. The van der Waals surface area contributed by atoms with E-state index in [2.05, 4.69) is 0 Å². The fourth-order valence-electron chi connectivity index (χ4n) is 1.76. The molecule has 2 aromatic rings. The highest BCUT2D eigenvalue weighted by Gasteiger charge is 2.13. The van der Waals surface area contributed by atoms with Gasteiger partial charge in [0, 0.05) is 11.1 Å². The van der Waals surface area contributed by atoms with Crippen LogP contribution < -0.4 is 5.73 Å². The molecule has 4 heteroatoms. The van der Waals surface area contributed by atoms with Crippen molar-refractivity contribution in [3.8, 4) is 0 Å². The Morgan fingerprint density at radius 3 is 2.05 bits per heavy atom. The Balaban J connectivity index is 2.47.